The van der Waals surface area contributed by atoms with Crippen LogP contribution in [0.5, 0.6) is 0 Å². The molecular formula is C26H34N6O. The Morgan fingerprint density at radius 1 is 0.970 bits per heavy atom. The van der Waals surface area contributed by atoms with Crippen LogP contribution in [0.2, 0.25) is 0 Å². The van der Waals surface area contributed by atoms with E-state index in [4.69, 9.17) is 19.5 Å². The van der Waals surface area contributed by atoms with Crippen molar-refractivity contribution in [1.82, 2.24) is 19.8 Å². The Morgan fingerprint density at radius 3 is 2.36 bits per heavy atom. The Labute approximate surface area is 211 Å². The van der Waals surface area contributed by atoms with E-state index in [9.17, 15) is 0 Å². The van der Waals surface area contributed by atoms with Crippen molar-refractivity contribution in [3.63, 3.8) is 0 Å². The molecule has 2 aliphatic heterocycles. The molecule has 0 N–H and O–H groups in total. The van der Waals surface area contributed by atoms with Gasteiger partial charge in [0.1, 0.15) is 18.2 Å². The average Bonchev–Trinajstić information content (AvgIpc) is 3.55. The minimum absolute atomic E-state index is 0.311. The number of nitrogens with zero attached hydrogens (tertiary/aromatic N) is 6. The molecule has 0 amide bonds. The lowest BCUT2D eigenvalue weighted by atomic mass is 10.0. The standard InChI is InChI=1S/C26H34N6O/c1-15(2)29-9-11-31(19(29)7)23-13-21-22-14-27-18(6)28-26(22)33-25(21)24(17(23)5)32-12-10-30(16(3)4)20(32)8/h9-16,19-20H,1-8H3/t19-,20+/m1/s1/i1D3,3D3,4D3,15D,16D/t15?,19-,20+. The maximum absolute atomic E-state index is 8.76. The largest absolute Gasteiger partial charge is 0.435 e. The number of aryl methyl sites for hydroxylation is 1. The summed E-state index contributed by atoms with van der Waals surface area (Å²) in [5.41, 5.74) is 2.44. The number of anilines is 2. The van der Waals surface area contributed by atoms with Crippen LogP contribution in [0, 0.1) is 13.8 Å². The summed E-state index contributed by atoms with van der Waals surface area (Å²) in [6, 6.07) is -3.02. The Morgan fingerprint density at radius 2 is 1.64 bits per heavy atom. The maximum Gasteiger partial charge on any atom is 0.230 e. The second kappa shape index (κ2) is 7.68. The van der Waals surface area contributed by atoms with Gasteiger partial charge in [-0.25, -0.2) is 4.98 Å². The number of aromatic nitrogens is 2. The molecule has 0 fully saturated rings. The van der Waals surface area contributed by atoms with Gasteiger partial charge in [-0.05, 0) is 61.2 Å². The van der Waals surface area contributed by atoms with Gasteiger partial charge in [-0.2, -0.15) is 4.98 Å². The minimum Gasteiger partial charge on any atom is -0.435 e. The fraction of sp³-hybridized carbons (Fsp3) is 0.462. The van der Waals surface area contributed by atoms with Crippen molar-refractivity contribution in [3.05, 3.63) is 48.5 Å². The molecule has 0 bridgehead atoms. The average molecular weight is 458 g/mol. The molecule has 4 heterocycles. The van der Waals surface area contributed by atoms with Crippen molar-refractivity contribution in [2.45, 2.75) is 79.5 Å². The molecule has 2 aliphatic rings. The zero-order valence-electron chi connectivity index (χ0n) is 30.2. The van der Waals surface area contributed by atoms with Crippen LogP contribution in [0.4, 0.5) is 11.4 Å². The van der Waals surface area contributed by atoms with Crippen LogP contribution in [0.25, 0.3) is 22.1 Å². The molecule has 174 valence electrons. The summed E-state index contributed by atoms with van der Waals surface area (Å²) in [5.74, 6) is 0.483. The number of hydrogen-bond donors (Lipinski definition) is 0. The van der Waals surface area contributed by atoms with Crippen molar-refractivity contribution < 1.29 is 19.5 Å². The molecule has 7 nitrogen and oxygen atoms in total. The smallest absolute Gasteiger partial charge is 0.230 e. The van der Waals surface area contributed by atoms with Crippen LogP contribution in [-0.4, -0.2) is 44.1 Å². The van der Waals surface area contributed by atoms with Crippen LogP contribution >= 0.6 is 0 Å². The Balaban J connectivity index is 1.70. The summed E-state index contributed by atoms with van der Waals surface area (Å²) >= 11 is 0. The molecule has 33 heavy (non-hydrogen) atoms. The van der Waals surface area contributed by atoms with E-state index in [1.54, 1.807) is 44.3 Å². The van der Waals surface area contributed by atoms with Crippen LogP contribution in [0.3, 0.4) is 0 Å². The van der Waals surface area contributed by atoms with Gasteiger partial charge < -0.3 is 24.0 Å². The fourth-order valence-corrected chi connectivity index (χ4v) is 4.67. The van der Waals surface area contributed by atoms with Gasteiger partial charge in [0, 0.05) is 72.0 Å². The normalized spacial score (nSPS) is 28.9. The van der Waals surface area contributed by atoms with Crippen molar-refractivity contribution in [3.8, 4) is 0 Å². The van der Waals surface area contributed by atoms with Gasteiger partial charge >= 0.3 is 0 Å². The summed E-state index contributed by atoms with van der Waals surface area (Å²) in [7, 11) is 0. The predicted molar refractivity (Wildman–Crippen MR) is 135 cm³/mol. The van der Waals surface area contributed by atoms with Crippen molar-refractivity contribution >= 4 is 33.4 Å². The van der Waals surface area contributed by atoms with Gasteiger partial charge in [-0.1, -0.05) is 0 Å². The van der Waals surface area contributed by atoms with Crippen LogP contribution in [0.15, 0.2) is 41.5 Å². The molecule has 1 aromatic carbocycles. The summed E-state index contributed by atoms with van der Waals surface area (Å²) < 4.78 is 95.5. The first-order valence-electron chi connectivity index (χ1n) is 16.2. The zero-order valence-corrected chi connectivity index (χ0v) is 19.2. The first kappa shape index (κ1) is 12.3. The van der Waals surface area contributed by atoms with E-state index in [1.807, 2.05) is 17.9 Å². The lowest BCUT2D eigenvalue weighted by molar-refractivity contribution is 0.263. The van der Waals surface area contributed by atoms with E-state index in [0.29, 0.717) is 44.8 Å². The van der Waals surface area contributed by atoms with E-state index in [2.05, 4.69) is 9.97 Å². The topological polar surface area (TPSA) is 51.9 Å². The Hall–Kier alpha value is -3.22. The molecule has 0 aliphatic carbocycles. The highest BCUT2D eigenvalue weighted by Gasteiger charge is 2.33. The number of rotatable bonds is 4. The number of furan rings is 1. The summed E-state index contributed by atoms with van der Waals surface area (Å²) in [5, 5.41) is 1.21. The minimum atomic E-state index is -3.18. The Bertz CT molecular complexity index is 1660. The van der Waals surface area contributed by atoms with Gasteiger partial charge in [0.05, 0.1) is 13.8 Å². The molecule has 0 saturated carbocycles. The molecule has 0 radical (unpaired) electrons. The van der Waals surface area contributed by atoms with Gasteiger partial charge in [0.2, 0.25) is 5.71 Å². The SMILES string of the molecule is [2H]C([2H])([2H])C([2H])(C)N1C=CN(c2cc3c(oc4nc(C)ncc43)c(N3C=CN(C([2H])(C([2H])([2H])[2H])C([2H])([2H])[2H])[C@@H]3C)c2C)[C@@H]1C. The molecule has 7 heteroatoms. The van der Waals surface area contributed by atoms with E-state index in [-0.39, 0.29) is 0 Å². The van der Waals surface area contributed by atoms with E-state index in [1.165, 1.54) is 24.2 Å². The number of fused-ring (bicyclic) bond motifs is 3. The van der Waals surface area contributed by atoms with E-state index >= 15 is 0 Å². The third-order valence-electron chi connectivity index (χ3n) is 6.41. The first-order valence-corrected chi connectivity index (χ1v) is 10.7. The molecule has 3 atom stereocenters. The second-order valence-corrected chi connectivity index (χ2v) is 8.41. The van der Waals surface area contributed by atoms with Gasteiger partial charge in [-0.3, -0.25) is 0 Å². The monoisotopic (exact) mass is 457 g/mol. The highest BCUT2D eigenvalue weighted by Crippen LogP contribution is 2.45. The van der Waals surface area contributed by atoms with Gasteiger partial charge in [0.15, 0.2) is 5.58 Å². The Kier molecular flexibility index (Phi) is 2.86. The van der Waals surface area contributed by atoms with Crippen molar-refractivity contribution in [1.29, 1.82) is 0 Å². The van der Waals surface area contributed by atoms with Gasteiger partial charge in [-0.15, -0.1) is 0 Å². The molecule has 0 spiro atoms. The first-order chi connectivity index (χ1) is 20.0. The molecule has 1 unspecified atom stereocenters. The second-order valence-electron chi connectivity index (χ2n) is 8.41. The van der Waals surface area contributed by atoms with E-state index in [0.717, 1.165) is 4.90 Å². The molecule has 5 rings (SSSR count). The van der Waals surface area contributed by atoms with Crippen LogP contribution in [0.1, 0.15) is 67.8 Å². The molecule has 2 aromatic heterocycles. The maximum atomic E-state index is 8.76. The number of benzene rings is 1. The predicted octanol–water partition coefficient (Wildman–Crippen LogP) is 5.69. The molecular weight excluding hydrogens is 412 g/mol. The van der Waals surface area contributed by atoms with E-state index < -0.39 is 44.9 Å². The molecule has 3 aromatic rings. The van der Waals surface area contributed by atoms with Crippen LogP contribution in [-0.2, 0) is 0 Å². The highest BCUT2D eigenvalue weighted by atomic mass is 16.3. The highest BCUT2D eigenvalue weighted by molar-refractivity contribution is 6.10. The van der Waals surface area contributed by atoms with Gasteiger partial charge in [0.25, 0.3) is 0 Å². The third-order valence-corrected chi connectivity index (χ3v) is 6.41. The zero-order chi connectivity index (χ0) is 32.9. The number of hydrogen-bond acceptors (Lipinski definition) is 7. The van der Waals surface area contributed by atoms with Crippen molar-refractivity contribution in [2.75, 3.05) is 9.80 Å². The van der Waals surface area contributed by atoms with Crippen LogP contribution < -0.4 is 9.80 Å². The fourth-order valence-electron chi connectivity index (χ4n) is 4.67. The summed E-state index contributed by atoms with van der Waals surface area (Å²) in [6.45, 7) is -0.716. The third kappa shape index (κ3) is 3.24. The van der Waals surface area contributed by atoms with Crippen molar-refractivity contribution in [2.24, 2.45) is 0 Å². The lowest BCUT2D eigenvalue weighted by Gasteiger charge is -2.36. The lowest BCUT2D eigenvalue weighted by Crippen LogP contribution is -2.41. The summed E-state index contributed by atoms with van der Waals surface area (Å²) in [4.78, 5) is 14.7. The summed E-state index contributed by atoms with van der Waals surface area (Å²) in [6.07, 6.45) is 6.17. The quantitative estimate of drug-likeness (QED) is 0.499. The molecule has 0 saturated heterocycles.